The van der Waals surface area contributed by atoms with Gasteiger partial charge in [0.05, 0.1) is 0 Å². The van der Waals surface area contributed by atoms with Gasteiger partial charge in [-0.2, -0.15) is 0 Å². The Balaban J connectivity index is 1.52. The predicted octanol–water partition coefficient (Wildman–Crippen LogP) is 4.91. The lowest BCUT2D eigenvalue weighted by Gasteiger charge is -2.06. The molecule has 0 spiro atoms. The Morgan fingerprint density at radius 1 is 1.00 bits per heavy atom. The highest BCUT2D eigenvalue weighted by atomic mass is 32.2. The summed E-state index contributed by atoms with van der Waals surface area (Å²) in [6.07, 6.45) is 0.843. The summed E-state index contributed by atoms with van der Waals surface area (Å²) in [5, 5.41) is 14.4. The first-order valence-electron chi connectivity index (χ1n) is 7.81. The lowest BCUT2D eigenvalue weighted by Crippen LogP contribution is -1.99. The minimum atomic E-state index is 0.843. The molecule has 2 aromatic heterocycles. The molecule has 2 aromatic carbocycles. The lowest BCUT2D eigenvalue weighted by molar-refractivity contribution is 0.751. The van der Waals surface area contributed by atoms with E-state index in [1.54, 1.807) is 23.1 Å². The topological polar surface area (TPSA) is 30.7 Å². The average Bonchev–Trinajstić information content (AvgIpc) is 3.24. The third kappa shape index (κ3) is 3.09. The molecule has 0 atom stereocenters. The standard InChI is InChI=1S/C19H17N3S2/c1-22-18(12-16-9-5-11-23-16)20-21-19(22)24-13-15-8-4-7-14-6-2-3-10-17(14)15/h2-11H,12-13H2,1H3. The lowest BCUT2D eigenvalue weighted by atomic mass is 10.1. The fourth-order valence-electron chi connectivity index (χ4n) is 2.75. The van der Waals surface area contributed by atoms with Crippen molar-refractivity contribution in [2.75, 3.05) is 0 Å². The van der Waals surface area contributed by atoms with E-state index in [9.17, 15) is 0 Å². The third-order valence-electron chi connectivity index (χ3n) is 4.07. The first-order chi connectivity index (χ1) is 11.8. The van der Waals surface area contributed by atoms with Crippen molar-refractivity contribution in [1.29, 1.82) is 0 Å². The molecular formula is C19H17N3S2. The minimum absolute atomic E-state index is 0.843. The minimum Gasteiger partial charge on any atom is -0.309 e. The van der Waals surface area contributed by atoms with E-state index in [2.05, 4.69) is 74.7 Å². The second kappa shape index (κ2) is 6.79. The van der Waals surface area contributed by atoms with Gasteiger partial charge < -0.3 is 4.57 Å². The largest absolute Gasteiger partial charge is 0.309 e. The molecule has 0 saturated heterocycles. The summed E-state index contributed by atoms with van der Waals surface area (Å²) in [7, 11) is 2.05. The van der Waals surface area contributed by atoms with Crippen molar-refractivity contribution in [3.8, 4) is 0 Å². The summed E-state index contributed by atoms with van der Waals surface area (Å²) in [5.41, 5.74) is 1.33. The van der Waals surface area contributed by atoms with Crippen molar-refractivity contribution < 1.29 is 0 Å². The Bertz CT molecular complexity index is 953. The molecular weight excluding hydrogens is 334 g/mol. The molecule has 2 heterocycles. The monoisotopic (exact) mass is 351 g/mol. The van der Waals surface area contributed by atoms with Crippen molar-refractivity contribution in [1.82, 2.24) is 14.8 Å². The molecule has 0 saturated carbocycles. The summed E-state index contributed by atoms with van der Waals surface area (Å²) in [6, 6.07) is 19.2. The Labute approximate surface area is 149 Å². The van der Waals surface area contributed by atoms with E-state index in [1.807, 2.05) is 7.05 Å². The van der Waals surface area contributed by atoms with Gasteiger partial charge in [0.2, 0.25) is 0 Å². The Morgan fingerprint density at radius 2 is 1.88 bits per heavy atom. The van der Waals surface area contributed by atoms with E-state index in [-0.39, 0.29) is 0 Å². The van der Waals surface area contributed by atoms with Gasteiger partial charge in [-0.15, -0.1) is 21.5 Å². The first kappa shape index (κ1) is 15.4. The molecule has 0 aliphatic carbocycles. The summed E-state index contributed by atoms with van der Waals surface area (Å²) >= 11 is 3.50. The molecule has 0 unspecified atom stereocenters. The van der Waals surface area contributed by atoms with Crippen LogP contribution in [0.4, 0.5) is 0 Å². The highest BCUT2D eigenvalue weighted by Crippen LogP contribution is 2.27. The van der Waals surface area contributed by atoms with E-state index in [0.717, 1.165) is 23.2 Å². The molecule has 0 aliphatic rings. The summed E-state index contributed by atoms with van der Waals surface area (Å²) in [5.74, 6) is 1.91. The summed E-state index contributed by atoms with van der Waals surface area (Å²) < 4.78 is 2.11. The van der Waals surface area contributed by atoms with Crippen LogP contribution in [0.1, 0.15) is 16.3 Å². The first-order valence-corrected chi connectivity index (χ1v) is 9.68. The van der Waals surface area contributed by atoms with Gasteiger partial charge in [-0.05, 0) is 27.8 Å². The van der Waals surface area contributed by atoms with Gasteiger partial charge in [0.15, 0.2) is 5.16 Å². The summed E-state index contributed by atoms with van der Waals surface area (Å²) in [6.45, 7) is 0. The van der Waals surface area contributed by atoms with E-state index < -0.39 is 0 Å². The van der Waals surface area contributed by atoms with Crippen molar-refractivity contribution in [2.24, 2.45) is 7.05 Å². The molecule has 24 heavy (non-hydrogen) atoms. The summed E-state index contributed by atoms with van der Waals surface area (Å²) in [4.78, 5) is 1.32. The average molecular weight is 352 g/mol. The smallest absolute Gasteiger partial charge is 0.191 e. The molecule has 4 rings (SSSR count). The second-order valence-corrected chi connectivity index (χ2v) is 7.62. The fraction of sp³-hybridized carbons (Fsp3) is 0.158. The molecule has 0 fully saturated rings. The third-order valence-corrected chi connectivity index (χ3v) is 6.02. The Morgan fingerprint density at radius 3 is 2.75 bits per heavy atom. The molecule has 3 nitrogen and oxygen atoms in total. The number of nitrogens with zero attached hydrogens (tertiary/aromatic N) is 3. The highest BCUT2D eigenvalue weighted by Gasteiger charge is 2.11. The predicted molar refractivity (Wildman–Crippen MR) is 102 cm³/mol. The second-order valence-electron chi connectivity index (χ2n) is 5.64. The van der Waals surface area contributed by atoms with Crippen LogP contribution in [0.5, 0.6) is 0 Å². The number of hydrogen-bond donors (Lipinski definition) is 0. The highest BCUT2D eigenvalue weighted by molar-refractivity contribution is 7.98. The van der Waals surface area contributed by atoms with Crippen LogP contribution in [-0.4, -0.2) is 14.8 Å². The van der Waals surface area contributed by atoms with Crippen LogP contribution in [0.25, 0.3) is 10.8 Å². The van der Waals surface area contributed by atoms with E-state index in [4.69, 9.17) is 0 Å². The van der Waals surface area contributed by atoms with Crippen LogP contribution in [0.15, 0.2) is 65.1 Å². The zero-order chi connectivity index (χ0) is 16.4. The van der Waals surface area contributed by atoms with Crippen molar-refractivity contribution in [3.05, 3.63) is 76.2 Å². The molecule has 4 aromatic rings. The fourth-order valence-corrected chi connectivity index (χ4v) is 4.39. The van der Waals surface area contributed by atoms with Crippen molar-refractivity contribution in [3.63, 3.8) is 0 Å². The van der Waals surface area contributed by atoms with Crippen LogP contribution in [0.2, 0.25) is 0 Å². The van der Waals surface area contributed by atoms with Crippen LogP contribution >= 0.6 is 23.1 Å². The Kier molecular flexibility index (Phi) is 4.36. The number of benzene rings is 2. The maximum Gasteiger partial charge on any atom is 0.191 e. The van der Waals surface area contributed by atoms with E-state index in [1.165, 1.54) is 21.2 Å². The van der Waals surface area contributed by atoms with E-state index in [0.29, 0.717) is 0 Å². The molecule has 0 aliphatic heterocycles. The Hall–Kier alpha value is -2.11. The van der Waals surface area contributed by atoms with Crippen molar-refractivity contribution in [2.45, 2.75) is 17.3 Å². The maximum atomic E-state index is 4.37. The van der Waals surface area contributed by atoms with Gasteiger partial charge in [0.1, 0.15) is 5.82 Å². The van der Waals surface area contributed by atoms with Gasteiger partial charge >= 0.3 is 0 Å². The van der Waals surface area contributed by atoms with Crippen LogP contribution in [0.3, 0.4) is 0 Å². The van der Waals surface area contributed by atoms with Crippen LogP contribution in [-0.2, 0) is 19.2 Å². The van der Waals surface area contributed by atoms with Gasteiger partial charge in [-0.1, -0.05) is 60.3 Å². The molecule has 0 bridgehead atoms. The zero-order valence-corrected chi connectivity index (χ0v) is 15.0. The van der Waals surface area contributed by atoms with Gasteiger partial charge in [0, 0.05) is 24.1 Å². The quantitative estimate of drug-likeness (QED) is 0.479. The molecule has 120 valence electrons. The van der Waals surface area contributed by atoms with Crippen LogP contribution < -0.4 is 0 Å². The number of hydrogen-bond acceptors (Lipinski definition) is 4. The van der Waals surface area contributed by atoms with Gasteiger partial charge in [-0.3, -0.25) is 0 Å². The number of thiophene rings is 1. The number of aromatic nitrogens is 3. The van der Waals surface area contributed by atoms with Crippen LogP contribution in [0, 0.1) is 0 Å². The SMILES string of the molecule is Cn1c(Cc2cccs2)nnc1SCc1cccc2ccccc12. The van der Waals surface area contributed by atoms with Crippen molar-refractivity contribution >= 4 is 33.9 Å². The number of thioether (sulfide) groups is 1. The molecule has 0 N–H and O–H groups in total. The zero-order valence-electron chi connectivity index (χ0n) is 13.3. The number of fused-ring (bicyclic) bond motifs is 1. The molecule has 5 heteroatoms. The molecule has 0 amide bonds. The number of rotatable bonds is 5. The maximum absolute atomic E-state index is 4.37. The van der Waals surface area contributed by atoms with E-state index >= 15 is 0 Å². The molecule has 0 radical (unpaired) electrons. The van der Waals surface area contributed by atoms with Gasteiger partial charge in [-0.25, -0.2) is 0 Å². The normalized spacial score (nSPS) is 11.2. The van der Waals surface area contributed by atoms with Gasteiger partial charge in [0.25, 0.3) is 0 Å².